The van der Waals surface area contributed by atoms with Crippen molar-refractivity contribution in [1.29, 1.82) is 0 Å². The number of furan rings is 1. The van der Waals surface area contributed by atoms with Gasteiger partial charge in [0.2, 0.25) is 5.91 Å². The summed E-state index contributed by atoms with van der Waals surface area (Å²) in [5, 5.41) is 0. The van der Waals surface area contributed by atoms with Crippen LogP contribution in [-0.4, -0.2) is 72.5 Å². The van der Waals surface area contributed by atoms with Crippen LogP contribution in [0.15, 0.2) is 71.3 Å². The van der Waals surface area contributed by atoms with Gasteiger partial charge in [-0.1, -0.05) is 50.5 Å². The first-order valence-electron chi connectivity index (χ1n) is 15.2. The molecule has 0 atom stereocenters. The average Bonchev–Trinajstić information content (AvgIpc) is 3.53. The van der Waals surface area contributed by atoms with E-state index in [1.165, 1.54) is 37.0 Å². The minimum atomic E-state index is -0.327. The molecule has 1 aromatic heterocycles. The van der Waals surface area contributed by atoms with Crippen molar-refractivity contribution >= 4 is 11.8 Å². The molecule has 0 N–H and O–H groups in total. The molecule has 226 valence electrons. The number of nitrogens with zero attached hydrogens (tertiary/aromatic N) is 3. The van der Waals surface area contributed by atoms with E-state index in [9.17, 15) is 14.0 Å². The average molecular weight is 578 g/mol. The van der Waals surface area contributed by atoms with E-state index in [2.05, 4.69) is 11.8 Å². The Bertz CT molecular complexity index is 1210. The fourth-order valence-electron chi connectivity index (χ4n) is 5.21. The Kier molecular flexibility index (Phi) is 12.6. The van der Waals surface area contributed by atoms with Gasteiger partial charge in [-0.25, -0.2) is 4.39 Å². The van der Waals surface area contributed by atoms with Crippen molar-refractivity contribution in [1.82, 2.24) is 14.7 Å². The number of amides is 2. The van der Waals surface area contributed by atoms with Gasteiger partial charge in [0.15, 0.2) is 0 Å². The second kappa shape index (κ2) is 16.8. The Labute approximate surface area is 249 Å². The van der Waals surface area contributed by atoms with E-state index < -0.39 is 0 Å². The fraction of sp³-hybridized carbons (Fsp3) is 0.471. The van der Waals surface area contributed by atoms with Crippen LogP contribution in [-0.2, 0) is 29.0 Å². The van der Waals surface area contributed by atoms with Gasteiger partial charge in [-0.2, -0.15) is 0 Å². The first-order chi connectivity index (χ1) is 20.5. The van der Waals surface area contributed by atoms with Crippen molar-refractivity contribution in [3.63, 3.8) is 0 Å². The van der Waals surface area contributed by atoms with Gasteiger partial charge in [0.05, 0.1) is 26.0 Å². The number of hydrogen-bond donors (Lipinski definition) is 0. The van der Waals surface area contributed by atoms with Crippen molar-refractivity contribution in [3.8, 4) is 0 Å². The summed E-state index contributed by atoms with van der Waals surface area (Å²) in [7, 11) is 0. The summed E-state index contributed by atoms with van der Waals surface area (Å²) >= 11 is 0. The number of carbonyl (C=O) groups excluding carboxylic acids is 2. The number of ether oxygens (including phenoxy) is 1. The molecule has 0 unspecified atom stereocenters. The number of unbranched alkanes of at least 4 members (excludes halogenated alkanes) is 3. The lowest BCUT2D eigenvalue weighted by molar-refractivity contribution is -0.133. The second-order valence-corrected chi connectivity index (χ2v) is 11.0. The molecule has 0 spiro atoms. The number of rotatable bonds is 16. The number of halogens is 1. The van der Waals surface area contributed by atoms with Gasteiger partial charge in [-0.05, 0) is 66.8 Å². The summed E-state index contributed by atoms with van der Waals surface area (Å²) in [5.74, 6) is -0.0255. The SMILES string of the molecule is CCCCCCc1ccc(C(=O)N(CCCN2CCOCC2)CC(=O)N(Cc2ccc(F)cc2)Cc2ccco2)cc1. The van der Waals surface area contributed by atoms with Gasteiger partial charge >= 0.3 is 0 Å². The summed E-state index contributed by atoms with van der Waals surface area (Å²) < 4.78 is 24.5. The molecule has 7 nitrogen and oxygen atoms in total. The van der Waals surface area contributed by atoms with Gasteiger partial charge in [-0.15, -0.1) is 0 Å². The number of aryl methyl sites for hydroxylation is 1. The van der Waals surface area contributed by atoms with E-state index in [0.29, 0.717) is 17.9 Å². The van der Waals surface area contributed by atoms with E-state index in [0.717, 1.165) is 57.7 Å². The normalized spacial score (nSPS) is 13.7. The predicted molar refractivity (Wildman–Crippen MR) is 161 cm³/mol. The maximum absolute atomic E-state index is 13.8. The highest BCUT2D eigenvalue weighted by Gasteiger charge is 2.24. The maximum atomic E-state index is 13.8. The third kappa shape index (κ3) is 10.1. The highest BCUT2D eigenvalue weighted by molar-refractivity contribution is 5.96. The van der Waals surface area contributed by atoms with E-state index in [1.807, 2.05) is 30.3 Å². The van der Waals surface area contributed by atoms with Crippen LogP contribution in [0.3, 0.4) is 0 Å². The summed E-state index contributed by atoms with van der Waals surface area (Å²) in [6.45, 7) is 7.18. The van der Waals surface area contributed by atoms with Crippen LogP contribution < -0.4 is 0 Å². The molecule has 1 aliphatic heterocycles. The molecule has 1 saturated heterocycles. The van der Waals surface area contributed by atoms with Crippen LogP contribution in [0, 0.1) is 5.82 Å². The summed E-state index contributed by atoms with van der Waals surface area (Å²) in [6.07, 6.45) is 8.13. The fourth-order valence-corrected chi connectivity index (χ4v) is 5.21. The Hall–Kier alpha value is -3.49. The Balaban J connectivity index is 1.46. The topological polar surface area (TPSA) is 66.2 Å². The van der Waals surface area contributed by atoms with Crippen LogP contribution >= 0.6 is 0 Å². The highest BCUT2D eigenvalue weighted by atomic mass is 19.1. The summed E-state index contributed by atoms with van der Waals surface area (Å²) in [6, 6.07) is 17.6. The summed E-state index contributed by atoms with van der Waals surface area (Å²) in [4.78, 5) is 33.2. The van der Waals surface area contributed by atoms with Gasteiger partial charge < -0.3 is 19.0 Å². The zero-order chi connectivity index (χ0) is 29.6. The molecule has 2 aromatic carbocycles. The largest absolute Gasteiger partial charge is 0.467 e. The minimum absolute atomic E-state index is 0.0530. The first kappa shape index (κ1) is 31.4. The minimum Gasteiger partial charge on any atom is -0.467 e. The van der Waals surface area contributed by atoms with E-state index >= 15 is 0 Å². The van der Waals surface area contributed by atoms with Crippen LogP contribution in [0.5, 0.6) is 0 Å². The van der Waals surface area contributed by atoms with Crippen molar-refractivity contribution in [3.05, 3.63) is 95.2 Å². The third-order valence-electron chi connectivity index (χ3n) is 7.71. The van der Waals surface area contributed by atoms with Crippen LogP contribution in [0.2, 0.25) is 0 Å². The zero-order valence-electron chi connectivity index (χ0n) is 24.8. The van der Waals surface area contributed by atoms with E-state index in [1.54, 1.807) is 34.3 Å². The molecule has 0 radical (unpaired) electrons. The second-order valence-electron chi connectivity index (χ2n) is 11.0. The van der Waals surface area contributed by atoms with Gasteiger partial charge in [0.1, 0.15) is 18.1 Å². The molecule has 8 heteroatoms. The molecule has 1 aliphatic rings. The van der Waals surface area contributed by atoms with Crippen LogP contribution in [0.4, 0.5) is 4.39 Å². The molecular formula is C34H44FN3O4. The number of hydrogen-bond acceptors (Lipinski definition) is 5. The van der Waals surface area contributed by atoms with Crippen LogP contribution in [0.1, 0.15) is 66.3 Å². The van der Waals surface area contributed by atoms with Crippen molar-refractivity contribution < 1.29 is 23.1 Å². The van der Waals surface area contributed by atoms with E-state index in [4.69, 9.17) is 9.15 Å². The molecule has 4 rings (SSSR count). The first-order valence-corrected chi connectivity index (χ1v) is 15.2. The molecule has 0 bridgehead atoms. The molecule has 42 heavy (non-hydrogen) atoms. The summed E-state index contributed by atoms with van der Waals surface area (Å²) in [5.41, 5.74) is 2.61. The number of carbonyl (C=O) groups is 2. The Morgan fingerprint density at radius 1 is 0.857 bits per heavy atom. The van der Waals surface area contributed by atoms with Crippen molar-refractivity contribution in [2.45, 2.75) is 58.5 Å². The van der Waals surface area contributed by atoms with E-state index in [-0.39, 0.29) is 37.3 Å². The molecule has 1 fully saturated rings. The molecular weight excluding hydrogens is 533 g/mol. The molecule has 3 aromatic rings. The lowest BCUT2D eigenvalue weighted by Gasteiger charge is -2.30. The van der Waals surface area contributed by atoms with Gasteiger partial charge in [0, 0.05) is 38.3 Å². The Morgan fingerprint density at radius 3 is 2.29 bits per heavy atom. The third-order valence-corrected chi connectivity index (χ3v) is 7.71. The Morgan fingerprint density at radius 2 is 1.60 bits per heavy atom. The van der Waals surface area contributed by atoms with Gasteiger partial charge in [0.25, 0.3) is 5.91 Å². The lowest BCUT2D eigenvalue weighted by Crippen LogP contribution is -2.44. The molecule has 0 aliphatic carbocycles. The molecule has 2 amide bonds. The predicted octanol–water partition coefficient (Wildman–Crippen LogP) is 5.94. The maximum Gasteiger partial charge on any atom is 0.254 e. The number of morpholine rings is 1. The smallest absolute Gasteiger partial charge is 0.254 e. The van der Waals surface area contributed by atoms with Gasteiger partial charge in [-0.3, -0.25) is 14.5 Å². The van der Waals surface area contributed by atoms with Crippen molar-refractivity contribution in [2.75, 3.05) is 45.9 Å². The van der Waals surface area contributed by atoms with Crippen molar-refractivity contribution in [2.24, 2.45) is 0 Å². The molecule has 0 saturated carbocycles. The standard InChI is InChI=1S/C34H44FN3O4/c1-2-3-4-5-8-28-10-14-30(15-11-28)34(40)37(19-7-18-36-20-23-41-24-21-36)27-33(39)38(26-32-9-6-22-42-32)25-29-12-16-31(35)17-13-29/h6,9-17,22H,2-5,7-8,18-21,23-27H2,1H3. The lowest BCUT2D eigenvalue weighted by atomic mass is 10.0. The number of benzene rings is 2. The quantitative estimate of drug-likeness (QED) is 0.197. The highest BCUT2D eigenvalue weighted by Crippen LogP contribution is 2.16. The van der Waals surface area contributed by atoms with Crippen LogP contribution in [0.25, 0.3) is 0 Å². The monoisotopic (exact) mass is 577 g/mol. The zero-order valence-corrected chi connectivity index (χ0v) is 24.8. The molecule has 2 heterocycles.